The number of hydrogen-bond donors (Lipinski definition) is 0. The van der Waals surface area contributed by atoms with E-state index < -0.39 is 4.92 Å². The van der Waals surface area contributed by atoms with Gasteiger partial charge in [0.1, 0.15) is 18.8 Å². The van der Waals surface area contributed by atoms with Crippen LogP contribution in [0, 0.1) is 16.0 Å². The molecule has 148 valence electrons. The van der Waals surface area contributed by atoms with E-state index >= 15 is 0 Å². The number of rotatable bonds is 4. The van der Waals surface area contributed by atoms with Crippen LogP contribution in [0.4, 0.5) is 5.69 Å². The van der Waals surface area contributed by atoms with E-state index in [1.54, 1.807) is 0 Å². The maximum atomic E-state index is 11.5. The van der Waals surface area contributed by atoms with Crippen molar-refractivity contribution in [2.24, 2.45) is 15.9 Å². The number of nitrogens with zero attached hydrogens (tertiary/aromatic N) is 3. The topological polar surface area (TPSA) is 86.3 Å². The SMILES string of the molecule is CC(C)[C@H]1COC(c2cc(C3=N[C@H]4c5ccccc5C[C@H]4O3)cc([N+](=O)[O-])c2)=N1. The third-order valence-corrected chi connectivity index (χ3v) is 5.73. The zero-order valence-corrected chi connectivity index (χ0v) is 16.2. The second-order valence-electron chi connectivity index (χ2n) is 8.02. The predicted octanol–water partition coefficient (Wildman–Crippen LogP) is 3.84. The number of fused-ring (bicyclic) bond motifs is 3. The number of hydrogen-bond acceptors (Lipinski definition) is 6. The standard InChI is InChI=1S/C22H21N3O4/c1-12(2)18-11-28-21(23-18)14-7-15(9-16(8-14)25(26)27)22-24-20-17-6-4-3-5-13(17)10-19(20)29-22/h3-9,12,18-20H,10-11H2,1-2H3/t18-,19-,20+/m1/s1. The van der Waals surface area contributed by atoms with Gasteiger partial charge in [-0.15, -0.1) is 0 Å². The smallest absolute Gasteiger partial charge is 0.271 e. The summed E-state index contributed by atoms with van der Waals surface area (Å²) in [6.45, 7) is 4.65. The van der Waals surface area contributed by atoms with Crippen LogP contribution in [0.2, 0.25) is 0 Å². The molecule has 3 aliphatic rings. The number of non-ortho nitro benzene ring substituents is 1. The summed E-state index contributed by atoms with van der Waals surface area (Å²) >= 11 is 0. The largest absolute Gasteiger partial charge is 0.475 e. The number of benzene rings is 2. The van der Waals surface area contributed by atoms with E-state index in [0.29, 0.717) is 35.4 Å². The Morgan fingerprint density at radius 1 is 1.10 bits per heavy atom. The highest BCUT2D eigenvalue weighted by atomic mass is 16.6. The summed E-state index contributed by atoms with van der Waals surface area (Å²) in [4.78, 5) is 20.5. The Labute approximate surface area is 168 Å². The van der Waals surface area contributed by atoms with Gasteiger partial charge in [-0.25, -0.2) is 9.98 Å². The Hall–Kier alpha value is -3.22. The minimum absolute atomic E-state index is 0.0273. The van der Waals surface area contributed by atoms with Crippen molar-refractivity contribution in [2.75, 3.05) is 6.61 Å². The molecule has 2 aromatic rings. The van der Waals surface area contributed by atoms with E-state index in [1.807, 2.05) is 18.2 Å². The maximum absolute atomic E-state index is 11.5. The molecule has 7 heteroatoms. The molecule has 0 fully saturated rings. The molecular weight excluding hydrogens is 370 g/mol. The lowest BCUT2D eigenvalue weighted by Gasteiger charge is -2.10. The molecule has 7 nitrogen and oxygen atoms in total. The average Bonchev–Trinajstić information content (AvgIpc) is 3.42. The van der Waals surface area contributed by atoms with Gasteiger partial charge in [-0.3, -0.25) is 10.1 Å². The lowest BCUT2D eigenvalue weighted by Crippen LogP contribution is -2.14. The van der Waals surface area contributed by atoms with Gasteiger partial charge in [0.2, 0.25) is 11.8 Å². The minimum Gasteiger partial charge on any atom is -0.475 e. The second-order valence-corrected chi connectivity index (χ2v) is 8.02. The van der Waals surface area contributed by atoms with Gasteiger partial charge in [0.25, 0.3) is 5.69 Å². The van der Waals surface area contributed by atoms with Crippen LogP contribution in [0.15, 0.2) is 52.4 Å². The highest BCUT2D eigenvalue weighted by Crippen LogP contribution is 2.41. The van der Waals surface area contributed by atoms with Crippen molar-refractivity contribution < 1.29 is 14.4 Å². The second kappa shape index (κ2) is 6.69. The monoisotopic (exact) mass is 391 g/mol. The third-order valence-electron chi connectivity index (χ3n) is 5.73. The molecule has 5 rings (SSSR count). The quantitative estimate of drug-likeness (QED) is 0.585. The van der Waals surface area contributed by atoms with Crippen molar-refractivity contribution in [1.29, 1.82) is 0 Å². The molecule has 3 atom stereocenters. The highest BCUT2D eigenvalue weighted by Gasteiger charge is 2.40. The molecule has 2 aromatic carbocycles. The van der Waals surface area contributed by atoms with Crippen LogP contribution in [0.25, 0.3) is 0 Å². The molecule has 29 heavy (non-hydrogen) atoms. The summed E-state index contributed by atoms with van der Waals surface area (Å²) in [6.07, 6.45) is 0.733. The van der Waals surface area contributed by atoms with E-state index in [4.69, 9.17) is 14.5 Å². The average molecular weight is 391 g/mol. The highest BCUT2D eigenvalue weighted by molar-refractivity contribution is 6.01. The van der Waals surface area contributed by atoms with Crippen LogP contribution in [0.1, 0.15) is 42.1 Å². The van der Waals surface area contributed by atoms with Crippen molar-refractivity contribution in [3.05, 3.63) is 74.8 Å². The van der Waals surface area contributed by atoms with Gasteiger partial charge in [0.15, 0.2) is 0 Å². The molecule has 0 aromatic heterocycles. The molecule has 0 radical (unpaired) electrons. The molecule has 0 saturated carbocycles. The van der Waals surface area contributed by atoms with E-state index in [0.717, 1.165) is 6.42 Å². The van der Waals surface area contributed by atoms with E-state index in [1.165, 1.54) is 23.3 Å². The molecule has 0 bridgehead atoms. The lowest BCUT2D eigenvalue weighted by molar-refractivity contribution is -0.384. The molecule has 1 aliphatic carbocycles. The van der Waals surface area contributed by atoms with Crippen LogP contribution in [0.5, 0.6) is 0 Å². The third kappa shape index (κ3) is 3.06. The zero-order valence-electron chi connectivity index (χ0n) is 16.2. The molecule has 0 unspecified atom stereocenters. The van der Waals surface area contributed by atoms with Crippen LogP contribution in [-0.4, -0.2) is 35.5 Å². The van der Waals surface area contributed by atoms with Crippen molar-refractivity contribution in [2.45, 2.75) is 38.5 Å². The number of ether oxygens (including phenoxy) is 2. The normalized spacial score (nSPS) is 24.4. The van der Waals surface area contributed by atoms with E-state index in [2.05, 4.69) is 31.0 Å². The van der Waals surface area contributed by atoms with Crippen LogP contribution >= 0.6 is 0 Å². The first-order valence-electron chi connectivity index (χ1n) is 9.82. The number of aliphatic imine (C=N–C) groups is 2. The summed E-state index contributed by atoms with van der Waals surface area (Å²) in [5.41, 5.74) is 3.56. The number of nitro groups is 1. The molecule has 0 N–H and O–H groups in total. The summed E-state index contributed by atoms with van der Waals surface area (Å²) in [7, 11) is 0. The van der Waals surface area contributed by atoms with Crippen molar-refractivity contribution in [1.82, 2.24) is 0 Å². The molecule has 0 amide bonds. The molecule has 0 saturated heterocycles. The fourth-order valence-electron chi connectivity index (χ4n) is 4.09. The minimum atomic E-state index is -0.409. The first kappa shape index (κ1) is 17.8. The van der Waals surface area contributed by atoms with Gasteiger partial charge < -0.3 is 9.47 Å². The van der Waals surface area contributed by atoms with E-state index in [-0.39, 0.29) is 23.9 Å². The Morgan fingerprint density at radius 3 is 2.59 bits per heavy atom. The Balaban J connectivity index is 1.52. The summed E-state index contributed by atoms with van der Waals surface area (Å²) in [6, 6.07) is 13.0. The van der Waals surface area contributed by atoms with Gasteiger partial charge >= 0.3 is 0 Å². The van der Waals surface area contributed by atoms with Crippen LogP contribution in [-0.2, 0) is 15.9 Å². The van der Waals surface area contributed by atoms with Crippen molar-refractivity contribution in [3.63, 3.8) is 0 Å². The molecule has 2 heterocycles. The Bertz CT molecular complexity index is 1060. The fourth-order valence-corrected chi connectivity index (χ4v) is 4.09. The first-order valence-corrected chi connectivity index (χ1v) is 9.82. The molecule has 0 spiro atoms. The molecule has 2 aliphatic heterocycles. The van der Waals surface area contributed by atoms with Crippen molar-refractivity contribution in [3.8, 4) is 0 Å². The van der Waals surface area contributed by atoms with Crippen molar-refractivity contribution >= 4 is 17.5 Å². The predicted molar refractivity (Wildman–Crippen MR) is 109 cm³/mol. The fraction of sp³-hybridized carbons (Fsp3) is 0.364. The summed E-state index contributed by atoms with van der Waals surface area (Å²) in [5, 5.41) is 11.5. The van der Waals surface area contributed by atoms with Gasteiger partial charge in [0.05, 0.1) is 11.0 Å². The zero-order chi connectivity index (χ0) is 20.1. The van der Waals surface area contributed by atoms with Gasteiger partial charge in [-0.1, -0.05) is 38.1 Å². The van der Waals surface area contributed by atoms with Crippen LogP contribution < -0.4 is 0 Å². The maximum Gasteiger partial charge on any atom is 0.271 e. The van der Waals surface area contributed by atoms with E-state index in [9.17, 15) is 10.1 Å². The Morgan fingerprint density at radius 2 is 1.86 bits per heavy atom. The molecular formula is C22H21N3O4. The Kier molecular flexibility index (Phi) is 4.12. The lowest BCUT2D eigenvalue weighted by atomic mass is 10.1. The summed E-state index contributed by atoms with van der Waals surface area (Å²) < 4.78 is 11.8. The first-order chi connectivity index (χ1) is 14.0. The van der Waals surface area contributed by atoms with Gasteiger partial charge in [0, 0.05) is 29.7 Å². The summed E-state index contributed by atoms with van der Waals surface area (Å²) in [5.74, 6) is 1.23. The van der Waals surface area contributed by atoms with Gasteiger partial charge in [-0.05, 0) is 23.1 Å². The number of nitro benzene ring substituents is 1. The van der Waals surface area contributed by atoms with Gasteiger partial charge in [-0.2, -0.15) is 0 Å². The van der Waals surface area contributed by atoms with Crippen LogP contribution in [0.3, 0.4) is 0 Å².